The Morgan fingerprint density at radius 3 is 1.86 bits per heavy atom. The van der Waals surface area contributed by atoms with E-state index in [0.29, 0.717) is 12.8 Å². The summed E-state index contributed by atoms with van der Waals surface area (Å²) in [6, 6.07) is -1.54. The Morgan fingerprint density at radius 1 is 0.738 bits per heavy atom. The van der Waals surface area contributed by atoms with Gasteiger partial charge in [0.1, 0.15) is 12.7 Å². The van der Waals surface area contributed by atoms with Crippen LogP contribution in [0.4, 0.5) is 0 Å². The van der Waals surface area contributed by atoms with E-state index in [-0.39, 0.29) is 12.8 Å². The fourth-order valence-corrected chi connectivity index (χ4v) is 4.78. The van der Waals surface area contributed by atoms with Crippen molar-refractivity contribution in [2.75, 3.05) is 19.8 Å². The van der Waals surface area contributed by atoms with E-state index in [1.54, 1.807) is 0 Å². The highest BCUT2D eigenvalue weighted by molar-refractivity contribution is 7.47. The third-order valence-corrected chi connectivity index (χ3v) is 7.51. The molecule has 12 heteroatoms. The van der Waals surface area contributed by atoms with E-state index in [9.17, 15) is 34.1 Å². The van der Waals surface area contributed by atoms with Crippen LogP contribution in [-0.4, -0.2) is 64.9 Å². The summed E-state index contributed by atoms with van der Waals surface area (Å²) in [7, 11) is -4.73. The minimum Gasteiger partial charge on any atom is -0.480 e. The average molecular weight is 622 g/mol. The van der Waals surface area contributed by atoms with Gasteiger partial charge in [-0.25, -0.2) is 9.36 Å². The molecule has 0 heterocycles. The van der Waals surface area contributed by atoms with Crippen LogP contribution in [0.1, 0.15) is 129 Å². The summed E-state index contributed by atoms with van der Waals surface area (Å²) in [6.45, 7) is 2.42. The molecule has 42 heavy (non-hydrogen) atoms. The number of carboxylic acids is 1. The molecule has 0 spiro atoms. The summed E-state index contributed by atoms with van der Waals surface area (Å²) in [5.41, 5.74) is 0. The summed E-state index contributed by atoms with van der Waals surface area (Å²) in [6.07, 6.45) is 20.1. The minimum absolute atomic E-state index is 0.144. The molecular formula is C30H56NO10P. The smallest absolute Gasteiger partial charge is 0.472 e. The predicted octanol–water partition coefficient (Wildman–Crippen LogP) is 6.21. The summed E-state index contributed by atoms with van der Waals surface area (Å²) >= 11 is 0. The molecule has 11 nitrogen and oxygen atoms in total. The zero-order valence-corrected chi connectivity index (χ0v) is 26.7. The van der Waals surface area contributed by atoms with Crippen LogP contribution in [0.25, 0.3) is 0 Å². The molecule has 0 aliphatic heterocycles. The highest BCUT2D eigenvalue weighted by Gasteiger charge is 2.28. The van der Waals surface area contributed by atoms with Gasteiger partial charge in [0.05, 0.1) is 13.2 Å². The van der Waals surface area contributed by atoms with Gasteiger partial charge in [0.2, 0.25) is 5.91 Å². The number of aliphatic carboxylic acids is 1. The molecule has 0 saturated heterocycles. The number of phosphoric acid groups is 1. The van der Waals surface area contributed by atoms with Crippen molar-refractivity contribution >= 4 is 25.7 Å². The van der Waals surface area contributed by atoms with Gasteiger partial charge in [0, 0.05) is 12.8 Å². The van der Waals surface area contributed by atoms with Crippen molar-refractivity contribution < 1.29 is 47.8 Å². The number of hydrogen-bond acceptors (Lipinski definition) is 8. The number of phosphoric ester groups is 1. The van der Waals surface area contributed by atoms with Crippen molar-refractivity contribution in [3.8, 4) is 0 Å². The van der Waals surface area contributed by atoms with Gasteiger partial charge in [-0.15, -0.1) is 0 Å². The lowest BCUT2D eigenvalue weighted by atomic mass is 10.1. The molecule has 0 fully saturated rings. The first-order chi connectivity index (χ1) is 20.1. The van der Waals surface area contributed by atoms with E-state index in [4.69, 9.17) is 9.26 Å². The van der Waals surface area contributed by atoms with Crippen LogP contribution < -0.4 is 5.32 Å². The second-order valence-corrected chi connectivity index (χ2v) is 12.1. The topological polar surface area (TPSA) is 169 Å². The van der Waals surface area contributed by atoms with E-state index >= 15 is 0 Å². The van der Waals surface area contributed by atoms with Crippen LogP contribution in [-0.2, 0) is 32.7 Å². The first kappa shape index (κ1) is 40.2. The molecular weight excluding hydrogens is 565 g/mol. The van der Waals surface area contributed by atoms with Crippen LogP contribution in [0.5, 0.6) is 0 Å². The van der Waals surface area contributed by atoms with Gasteiger partial charge in [-0.2, -0.15) is 0 Å². The van der Waals surface area contributed by atoms with Crippen LogP contribution in [0.15, 0.2) is 12.2 Å². The Bertz CT molecular complexity index is 792. The third-order valence-electron chi connectivity index (χ3n) is 6.55. The Labute approximate surface area is 252 Å². The first-order valence-corrected chi connectivity index (χ1v) is 17.2. The Hall–Kier alpha value is -1.78. The van der Waals surface area contributed by atoms with Gasteiger partial charge >= 0.3 is 19.8 Å². The van der Waals surface area contributed by atoms with Crippen molar-refractivity contribution in [1.29, 1.82) is 0 Å². The van der Waals surface area contributed by atoms with Crippen LogP contribution in [0, 0.1) is 0 Å². The van der Waals surface area contributed by atoms with Crippen molar-refractivity contribution in [1.82, 2.24) is 5.32 Å². The maximum absolute atomic E-state index is 12.1. The van der Waals surface area contributed by atoms with Gasteiger partial charge in [-0.1, -0.05) is 90.2 Å². The second kappa shape index (κ2) is 26.8. The van der Waals surface area contributed by atoms with Crippen molar-refractivity contribution in [3.63, 3.8) is 0 Å². The number of unbranched alkanes of at least 4 members (excludes halogenated alkanes) is 13. The van der Waals surface area contributed by atoms with E-state index in [0.717, 1.165) is 70.6 Å². The molecule has 1 amide bonds. The number of carbonyl (C=O) groups excluding carboxylic acids is 2. The van der Waals surface area contributed by atoms with E-state index in [2.05, 4.69) is 35.8 Å². The number of nitrogens with one attached hydrogen (secondary N) is 1. The quantitative estimate of drug-likeness (QED) is 0.0326. The van der Waals surface area contributed by atoms with E-state index < -0.39 is 57.6 Å². The SMILES string of the molecule is CCCCC/C=C\CCCCCCCC(=O)OCC(O)COP(=O)(O)OCC(NC(=O)CCCCCCCC)C(=O)O. The molecule has 0 aliphatic rings. The number of allylic oxidation sites excluding steroid dienone is 2. The molecule has 3 atom stereocenters. The predicted molar refractivity (Wildman–Crippen MR) is 162 cm³/mol. The molecule has 3 unspecified atom stereocenters. The summed E-state index contributed by atoms with van der Waals surface area (Å²) in [5.74, 6) is -2.40. The monoisotopic (exact) mass is 621 g/mol. The van der Waals surface area contributed by atoms with Crippen molar-refractivity contribution in [2.45, 2.75) is 142 Å². The Balaban J connectivity index is 4.02. The van der Waals surface area contributed by atoms with Gasteiger partial charge in [-0.05, 0) is 38.5 Å². The number of hydrogen-bond donors (Lipinski definition) is 4. The molecule has 0 aromatic heterocycles. The lowest BCUT2D eigenvalue weighted by molar-refractivity contribution is -0.147. The number of esters is 1. The molecule has 0 aromatic rings. The molecule has 0 saturated carbocycles. The number of aliphatic hydroxyl groups is 1. The molecule has 0 rings (SSSR count). The molecule has 0 aliphatic carbocycles. The molecule has 0 aromatic carbocycles. The van der Waals surface area contributed by atoms with Crippen LogP contribution in [0.3, 0.4) is 0 Å². The number of rotatable bonds is 29. The summed E-state index contributed by atoms with van der Waals surface area (Å²) < 4.78 is 26.5. The Kier molecular flexibility index (Phi) is 25.7. The lowest BCUT2D eigenvalue weighted by Gasteiger charge is -2.18. The zero-order chi connectivity index (χ0) is 31.5. The average Bonchev–Trinajstić information content (AvgIpc) is 2.95. The largest absolute Gasteiger partial charge is 0.480 e. The Morgan fingerprint density at radius 2 is 1.24 bits per heavy atom. The highest BCUT2D eigenvalue weighted by Crippen LogP contribution is 2.43. The number of carboxylic acid groups (broad SMARTS) is 1. The zero-order valence-electron chi connectivity index (χ0n) is 25.8. The van der Waals surface area contributed by atoms with Gasteiger partial charge in [0.25, 0.3) is 0 Å². The maximum atomic E-state index is 12.1. The van der Waals surface area contributed by atoms with Gasteiger partial charge in [0.15, 0.2) is 6.04 Å². The van der Waals surface area contributed by atoms with Crippen molar-refractivity contribution in [2.24, 2.45) is 0 Å². The molecule has 4 N–H and O–H groups in total. The normalized spacial score (nSPS) is 14.4. The van der Waals surface area contributed by atoms with Crippen molar-refractivity contribution in [3.05, 3.63) is 12.2 Å². The third kappa shape index (κ3) is 25.9. The lowest BCUT2D eigenvalue weighted by Crippen LogP contribution is -2.43. The first-order valence-electron chi connectivity index (χ1n) is 15.7. The maximum Gasteiger partial charge on any atom is 0.472 e. The number of aliphatic hydroxyl groups excluding tert-OH is 1. The number of amides is 1. The molecule has 0 bridgehead atoms. The summed E-state index contributed by atoms with van der Waals surface area (Å²) in [4.78, 5) is 45.1. The van der Waals surface area contributed by atoms with E-state index in [1.807, 2.05) is 0 Å². The molecule has 246 valence electrons. The minimum atomic E-state index is -4.73. The van der Waals surface area contributed by atoms with Gasteiger partial charge in [-0.3, -0.25) is 18.6 Å². The second-order valence-electron chi connectivity index (χ2n) is 10.6. The highest BCUT2D eigenvalue weighted by atomic mass is 31.2. The fraction of sp³-hybridized carbons (Fsp3) is 0.833. The molecule has 0 radical (unpaired) electrons. The van der Waals surface area contributed by atoms with Gasteiger partial charge < -0.3 is 25.2 Å². The van der Waals surface area contributed by atoms with Crippen LogP contribution >= 0.6 is 7.82 Å². The standard InChI is InChI=1S/C30H56NO10P/c1-3-5-7-9-11-12-13-14-15-16-18-20-22-29(34)39-23-26(32)24-40-42(37,38)41-25-27(30(35)36)31-28(33)21-19-17-10-8-6-4-2/h11-12,26-27,32H,3-10,13-25H2,1-2H3,(H,31,33)(H,35,36)(H,37,38)/b12-11-. The summed E-state index contributed by atoms with van der Waals surface area (Å²) in [5, 5.41) is 21.5. The fourth-order valence-electron chi connectivity index (χ4n) is 4.01. The van der Waals surface area contributed by atoms with Crippen LogP contribution in [0.2, 0.25) is 0 Å². The number of carbonyl (C=O) groups is 3. The van der Waals surface area contributed by atoms with E-state index in [1.165, 1.54) is 19.3 Å². The number of ether oxygens (including phenoxy) is 1.